The normalized spacial score (nSPS) is 10.6. The molecule has 2 aromatic rings. The molecule has 7 heteroatoms. The third-order valence-corrected chi connectivity index (χ3v) is 3.67. The van der Waals surface area contributed by atoms with Crippen LogP contribution in [0.15, 0.2) is 24.3 Å². The van der Waals surface area contributed by atoms with Crippen molar-refractivity contribution in [2.45, 2.75) is 33.7 Å². The summed E-state index contributed by atoms with van der Waals surface area (Å²) in [6, 6.07) is 6.44. The Bertz CT molecular complexity index is 720. The van der Waals surface area contributed by atoms with Crippen LogP contribution in [0, 0.1) is 24.0 Å². The molecule has 1 heterocycles. The minimum absolute atomic E-state index is 0.0733. The van der Waals surface area contributed by atoms with E-state index in [-0.39, 0.29) is 11.7 Å². The highest BCUT2D eigenvalue weighted by atomic mass is 16.6. The number of nitrogens with zero attached hydrogens (tertiary/aromatic N) is 3. The Kier molecular flexibility index (Phi) is 5.10. The Hall–Kier alpha value is -2.70. The lowest BCUT2D eigenvalue weighted by molar-refractivity contribution is -0.384. The Morgan fingerprint density at radius 1 is 1.30 bits per heavy atom. The van der Waals surface area contributed by atoms with E-state index in [2.05, 4.69) is 5.10 Å². The Balaban J connectivity index is 2.11. The van der Waals surface area contributed by atoms with Crippen LogP contribution in [0.2, 0.25) is 0 Å². The maximum Gasteiger partial charge on any atom is 0.302 e. The number of aryl methyl sites for hydroxylation is 1. The van der Waals surface area contributed by atoms with E-state index < -0.39 is 4.92 Å². The molecule has 0 N–H and O–H groups in total. The van der Waals surface area contributed by atoms with E-state index in [1.807, 2.05) is 18.5 Å². The Morgan fingerprint density at radius 3 is 2.52 bits per heavy atom. The van der Waals surface area contributed by atoms with E-state index in [1.165, 1.54) is 19.1 Å². The topological polar surface area (TPSA) is 87.3 Å². The van der Waals surface area contributed by atoms with Gasteiger partial charge in [0.25, 0.3) is 5.69 Å². The molecule has 0 atom stereocenters. The summed E-state index contributed by atoms with van der Waals surface area (Å²) in [6.07, 6.45) is 0.623. The summed E-state index contributed by atoms with van der Waals surface area (Å²) in [5, 5.41) is 15.2. The van der Waals surface area contributed by atoms with Gasteiger partial charge in [0.15, 0.2) is 0 Å². The highest BCUT2D eigenvalue weighted by molar-refractivity contribution is 5.65. The molecule has 0 unspecified atom stereocenters. The number of hydrogen-bond donors (Lipinski definition) is 0. The number of non-ortho nitro benzene ring substituents is 1. The van der Waals surface area contributed by atoms with Crippen molar-refractivity contribution >= 4 is 11.7 Å². The number of nitro groups is 1. The van der Waals surface area contributed by atoms with Crippen LogP contribution >= 0.6 is 0 Å². The molecule has 0 saturated heterocycles. The van der Waals surface area contributed by atoms with Crippen molar-refractivity contribution in [2.24, 2.45) is 0 Å². The molecule has 0 aliphatic carbocycles. The minimum Gasteiger partial charge on any atom is -0.466 e. The van der Waals surface area contributed by atoms with Crippen molar-refractivity contribution in [1.82, 2.24) is 9.78 Å². The third-order valence-electron chi connectivity index (χ3n) is 3.67. The summed E-state index contributed by atoms with van der Waals surface area (Å²) in [4.78, 5) is 21.1. The smallest absolute Gasteiger partial charge is 0.302 e. The molecule has 1 aromatic carbocycles. The predicted octanol–water partition coefficient (Wildman–Crippen LogP) is 2.56. The van der Waals surface area contributed by atoms with Gasteiger partial charge in [0.1, 0.15) is 0 Å². The van der Waals surface area contributed by atoms with Crippen molar-refractivity contribution in [3.63, 3.8) is 0 Å². The summed E-state index contributed by atoms with van der Waals surface area (Å²) in [6.45, 7) is 6.15. The molecule has 1 aromatic heterocycles. The number of benzene rings is 1. The molecule has 0 aliphatic heterocycles. The molecule has 23 heavy (non-hydrogen) atoms. The Labute approximate surface area is 134 Å². The summed E-state index contributed by atoms with van der Waals surface area (Å²) in [5.74, 6) is -0.293. The standard InChI is InChI=1S/C16H19N3O4/c1-11-16(8-9-23-13(3)20)12(2)18(17-11)10-14-4-6-15(7-5-14)19(21)22/h4-7H,8-10H2,1-3H3. The van der Waals surface area contributed by atoms with E-state index in [1.54, 1.807) is 12.1 Å². The fourth-order valence-corrected chi connectivity index (χ4v) is 2.44. The molecule has 7 nitrogen and oxygen atoms in total. The van der Waals surface area contributed by atoms with Crippen LogP contribution in [0.5, 0.6) is 0 Å². The number of rotatable bonds is 6. The van der Waals surface area contributed by atoms with Gasteiger partial charge in [-0.15, -0.1) is 0 Å². The molecule has 2 rings (SSSR count). The maximum atomic E-state index is 10.8. The number of carbonyl (C=O) groups is 1. The molecule has 0 fully saturated rings. The van der Waals surface area contributed by atoms with Gasteiger partial charge in [-0.25, -0.2) is 0 Å². The first-order chi connectivity index (χ1) is 10.9. The summed E-state index contributed by atoms with van der Waals surface area (Å²) in [5.41, 5.74) is 3.98. The lowest BCUT2D eigenvalue weighted by Crippen LogP contribution is -2.06. The van der Waals surface area contributed by atoms with E-state index in [9.17, 15) is 14.9 Å². The van der Waals surface area contributed by atoms with Crippen molar-refractivity contribution in [1.29, 1.82) is 0 Å². The molecule has 0 bridgehead atoms. The van der Waals surface area contributed by atoms with Crippen LogP contribution in [-0.2, 0) is 22.5 Å². The van der Waals surface area contributed by atoms with Gasteiger partial charge >= 0.3 is 5.97 Å². The Morgan fingerprint density at radius 2 is 1.96 bits per heavy atom. The molecule has 122 valence electrons. The van der Waals surface area contributed by atoms with Gasteiger partial charge < -0.3 is 4.74 Å². The number of esters is 1. The van der Waals surface area contributed by atoms with Crippen LogP contribution in [0.3, 0.4) is 0 Å². The van der Waals surface area contributed by atoms with Crippen molar-refractivity contribution in [2.75, 3.05) is 6.61 Å². The highest BCUT2D eigenvalue weighted by Gasteiger charge is 2.12. The summed E-state index contributed by atoms with van der Waals surface area (Å²) < 4.78 is 6.84. The monoisotopic (exact) mass is 317 g/mol. The highest BCUT2D eigenvalue weighted by Crippen LogP contribution is 2.17. The lowest BCUT2D eigenvalue weighted by atomic mass is 10.1. The van der Waals surface area contributed by atoms with Gasteiger partial charge in [0.2, 0.25) is 0 Å². The maximum absolute atomic E-state index is 10.8. The quantitative estimate of drug-likeness (QED) is 0.464. The molecular weight excluding hydrogens is 298 g/mol. The number of carbonyl (C=O) groups excluding carboxylic acids is 1. The van der Waals surface area contributed by atoms with E-state index in [0.29, 0.717) is 19.6 Å². The first-order valence-corrected chi connectivity index (χ1v) is 7.28. The third kappa shape index (κ3) is 4.15. The van der Waals surface area contributed by atoms with Gasteiger partial charge in [0, 0.05) is 31.2 Å². The molecule has 0 spiro atoms. The van der Waals surface area contributed by atoms with E-state index in [4.69, 9.17) is 4.74 Å². The van der Waals surface area contributed by atoms with Gasteiger partial charge in [-0.3, -0.25) is 19.6 Å². The second kappa shape index (κ2) is 7.04. The zero-order valence-electron chi connectivity index (χ0n) is 13.4. The van der Waals surface area contributed by atoms with E-state index in [0.717, 1.165) is 22.5 Å². The zero-order chi connectivity index (χ0) is 17.0. The minimum atomic E-state index is -0.416. The van der Waals surface area contributed by atoms with Gasteiger partial charge in [-0.05, 0) is 25.0 Å². The lowest BCUT2D eigenvalue weighted by Gasteiger charge is -2.06. The van der Waals surface area contributed by atoms with Crippen molar-refractivity contribution in [3.8, 4) is 0 Å². The SMILES string of the molecule is CC(=O)OCCc1c(C)nn(Cc2ccc([N+](=O)[O-])cc2)c1C. The molecule has 0 aliphatic rings. The average molecular weight is 317 g/mol. The van der Waals surface area contributed by atoms with Crippen LogP contribution in [0.1, 0.15) is 29.4 Å². The number of aromatic nitrogens is 2. The van der Waals surface area contributed by atoms with Gasteiger partial charge in [-0.2, -0.15) is 5.10 Å². The molecule has 0 saturated carbocycles. The second-order valence-electron chi connectivity index (χ2n) is 5.32. The number of nitro benzene ring substituents is 1. The number of hydrogen-bond acceptors (Lipinski definition) is 5. The summed E-state index contributed by atoms with van der Waals surface area (Å²) >= 11 is 0. The first-order valence-electron chi connectivity index (χ1n) is 7.28. The van der Waals surface area contributed by atoms with Crippen molar-refractivity contribution in [3.05, 3.63) is 56.9 Å². The van der Waals surface area contributed by atoms with Crippen LogP contribution in [-0.4, -0.2) is 27.3 Å². The summed E-state index contributed by atoms with van der Waals surface area (Å²) in [7, 11) is 0. The molecule has 0 amide bonds. The largest absolute Gasteiger partial charge is 0.466 e. The fourth-order valence-electron chi connectivity index (χ4n) is 2.44. The van der Waals surface area contributed by atoms with Gasteiger partial charge in [-0.1, -0.05) is 12.1 Å². The van der Waals surface area contributed by atoms with Crippen molar-refractivity contribution < 1.29 is 14.5 Å². The van der Waals surface area contributed by atoms with Crippen LogP contribution in [0.25, 0.3) is 0 Å². The van der Waals surface area contributed by atoms with E-state index >= 15 is 0 Å². The molecular formula is C16H19N3O4. The van der Waals surface area contributed by atoms with Crippen LogP contribution in [0.4, 0.5) is 5.69 Å². The molecule has 0 radical (unpaired) electrons. The number of ether oxygens (including phenoxy) is 1. The first kappa shape index (κ1) is 16.7. The van der Waals surface area contributed by atoms with Gasteiger partial charge in [0.05, 0.1) is 23.8 Å². The average Bonchev–Trinajstić information content (AvgIpc) is 2.75. The fraction of sp³-hybridized carbons (Fsp3) is 0.375. The van der Waals surface area contributed by atoms with Crippen LogP contribution < -0.4 is 0 Å². The zero-order valence-corrected chi connectivity index (χ0v) is 13.4. The second-order valence-corrected chi connectivity index (χ2v) is 5.32. The predicted molar refractivity (Wildman–Crippen MR) is 84.2 cm³/mol.